The molecule has 0 saturated heterocycles. The normalized spacial score (nSPS) is 30.3. The van der Waals surface area contributed by atoms with Crippen molar-refractivity contribution in [3.63, 3.8) is 0 Å². The molecule has 68 valence electrons. The van der Waals surface area contributed by atoms with Crippen molar-refractivity contribution < 1.29 is 9.59 Å². The van der Waals surface area contributed by atoms with Crippen molar-refractivity contribution in [2.45, 2.75) is 46.0 Å². The fourth-order valence-electron chi connectivity index (χ4n) is 2.12. The molecule has 0 heterocycles. The van der Waals surface area contributed by atoms with Crippen LogP contribution in [0.5, 0.6) is 0 Å². The molecule has 1 saturated carbocycles. The van der Waals surface area contributed by atoms with Crippen LogP contribution >= 0.6 is 0 Å². The Morgan fingerprint density at radius 2 is 2.25 bits per heavy atom. The predicted molar refractivity (Wildman–Crippen MR) is 46.9 cm³/mol. The molecular weight excluding hydrogens is 152 g/mol. The molecule has 1 unspecified atom stereocenters. The number of rotatable bonds is 2. The van der Waals surface area contributed by atoms with E-state index in [1.807, 2.05) is 6.92 Å². The van der Waals surface area contributed by atoms with Gasteiger partial charge in [-0.3, -0.25) is 4.79 Å². The lowest BCUT2D eigenvalue weighted by atomic mass is 9.72. The van der Waals surface area contributed by atoms with Crippen LogP contribution in [-0.2, 0) is 9.59 Å². The van der Waals surface area contributed by atoms with Gasteiger partial charge in [-0.15, -0.1) is 0 Å². The minimum atomic E-state index is -0.0266. The lowest BCUT2D eigenvalue weighted by Gasteiger charge is -2.31. The first-order valence-electron chi connectivity index (χ1n) is 4.53. The van der Waals surface area contributed by atoms with Crippen LogP contribution < -0.4 is 0 Å². The topological polar surface area (TPSA) is 34.1 Å². The van der Waals surface area contributed by atoms with Crippen LogP contribution in [0.3, 0.4) is 0 Å². The second-order valence-electron chi connectivity index (χ2n) is 4.26. The van der Waals surface area contributed by atoms with Crippen LogP contribution in [0, 0.1) is 5.41 Å². The van der Waals surface area contributed by atoms with E-state index in [2.05, 4.69) is 0 Å². The molecule has 2 heteroatoms. The fraction of sp³-hybridized carbons (Fsp3) is 0.800. The van der Waals surface area contributed by atoms with Gasteiger partial charge in [0.25, 0.3) is 0 Å². The summed E-state index contributed by atoms with van der Waals surface area (Å²) in [7, 11) is 0. The molecule has 2 nitrogen and oxygen atoms in total. The summed E-state index contributed by atoms with van der Waals surface area (Å²) in [5, 5.41) is 0. The van der Waals surface area contributed by atoms with Crippen molar-refractivity contribution in [1.29, 1.82) is 0 Å². The van der Waals surface area contributed by atoms with Crippen molar-refractivity contribution >= 4 is 11.6 Å². The van der Waals surface area contributed by atoms with E-state index in [0.717, 1.165) is 12.8 Å². The van der Waals surface area contributed by atoms with E-state index in [1.165, 1.54) is 0 Å². The maximum Gasteiger partial charge on any atom is 0.133 e. The first kappa shape index (κ1) is 9.43. The van der Waals surface area contributed by atoms with Crippen molar-refractivity contribution in [3.05, 3.63) is 0 Å². The van der Waals surface area contributed by atoms with Gasteiger partial charge < -0.3 is 4.79 Å². The van der Waals surface area contributed by atoms with Gasteiger partial charge in [0.05, 0.1) is 0 Å². The quantitative estimate of drug-likeness (QED) is 0.633. The van der Waals surface area contributed by atoms with Crippen LogP contribution in [0.4, 0.5) is 0 Å². The van der Waals surface area contributed by atoms with E-state index in [-0.39, 0.29) is 11.2 Å². The number of Topliss-reactive ketones (excluding diaryl/α,β-unsaturated/α-hetero) is 2. The van der Waals surface area contributed by atoms with Crippen LogP contribution in [0.2, 0.25) is 0 Å². The highest BCUT2D eigenvalue weighted by Gasteiger charge is 2.31. The Morgan fingerprint density at radius 3 is 2.75 bits per heavy atom. The molecule has 0 aromatic rings. The molecule has 1 aliphatic carbocycles. The lowest BCUT2D eigenvalue weighted by Crippen LogP contribution is -2.27. The first-order chi connectivity index (χ1) is 5.52. The summed E-state index contributed by atoms with van der Waals surface area (Å²) in [6, 6.07) is 0. The number of carbonyl (C=O) groups excluding carboxylic acids is 2. The second-order valence-corrected chi connectivity index (χ2v) is 4.26. The monoisotopic (exact) mass is 168 g/mol. The Balaban J connectivity index is 2.57. The maximum absolute atomic E-state index is 11.1. The third-order valence-electron chi connectivity index (χ3n) is 2.54. The lowest BCUT2D eigenvalue weighted by molar-refractivity contribution is -0.125. The smallest absolute Gasteiger partial charge is 0.133 e. The van der Waals surface area contributed by atoms with Crippen molar-refractivity contribution in [3.8, 4) is 0 Å². The molecule has 0 aromatic heterocycles. The zero-order valence-corrected chi connectivity index (χ0v) is 7.85. The third-order valence-corrected chi connectivity index (χ3v) is 2.54. The number of hydrogen-bond donors (Lipinski definition) is 0. The largest absolute Gasteiger partial charge is 0.300 e. The number of hydrogen-bond acceptors (Lipinski definition) is 2. The number of ketones is 2. The summed E-state index contributed by atoms with van der Waals surface area (Å²) < 4.78 is 0. The summed E-state index contributed by atoms with van der Waals surface area (Å²) in [5.74, 6) is 0.525. The van der Waals surface area contributed by atoms with Gasteiger partial charge in [-0.1, -0.05) is 6.92 Å². The van der Waals surface area contributed by atoms with Gasteiger partial charge >= 0.3 is 0 Å². The molecule has 1 aliphatic rings. The van der Waals surface area contributed by atoms with E-state index in [9.17, 15) is 9.59 Å². The Bertz CT molecular complexity index is 204. The van der Waals surface area contributed by atoms with E-state index >= 15 is 0 Å². The molecule has 0 aliphatic heterocycles. The van der Waals surface area contributed by atoms with Crippen molar-refractivity contribution in [2.75, 3.05) is 0 Å². The Labute approximate surface area is 73.3 Å². The van der Waals surface area contributed by atoms with Crippen LogP contribution in [0.15, 0.2) is 0 Å². The van der Waals surface area contributed by atoms with Crippen molar-refractivity contribution in [2.24, 2.45) is 5.41 Å². The minimum Gasteiger partial charge on any atom is -0.300 e. The molecule has 0 radical (unpaired) electrons. The van der Waals surface area contributed by atoms with E-state index in [1.54, 1.807) is 6.92 Å². The van der Waals surface area contributed by atoms with Gasteiger partial charge in [-0.05, 0) is 25.2 Å². The molecule has 1 atom stereocenters. The van der Waals surface area contributed by atoms with Crippen LogP contribution in [0.25, 0.3) is 0 Å². The van der Waals surface area contributed by atoms with E-state index < -0.39 is 0 Å². The van der Waals surface area contributed by atoms with Crippen LogP contribution in [0.1, 0.15) is 46.0 Å². The SMILES string of the molecule is CC(=O)CC1(C)CCCC(=O)C1. The van der Waals surface area contributed by atoms with Gasteiger partial charge in [0.2, 0.25) is 0 Å². The van der Waals surface area contributed by atoms with Gasteiger partial charge in [-0.25, -0.2) is 0 Å². The van der Waals surface area contributed by atoms with Gasteiger partial charge in [-0.2, -0.15) is 0 Å². The molecule has 12 heavy (non-hydrogen) atoms. The molecule has 1 rings (SSSR count). The first-order valence-corrected chi connectivity index (χ1v) is 4.53. The van der Waals surface area contributed by atoms with E-state index in [0.29, 0.717) is 25.0 Å². The summed E-state index contributed by atoms with van der Waals surface area (Å²) >= 11 is 0. The summed E-state index contributed by atoms with van der Waals surface area (Å²) in [6.07, 6.45) is 3.87. The number of carbonyl (C=O) groups is 2. The highest BCUT2D eigenvalue weighted by atomic mass is 16.1. The average Bonchev–Trinajstić information content (AvgIpc) is 1.82. The minimum absolute atomic E-state index is 0.0266. The Morgan fingerprint density at radius 1 is 1.58 bits per heavy atom. The average molecular weight is 168 g/mol. The summed E-state index contributed by atoms with van der Waals surface area (Å²) in [5.41, 5.74) is -0.0266. The molecule has 0 bridgehead atoms. The predicted octanol–water partition coefficient (Wildman–Crippen LogP) is 2.11. The summed E-state index contributed by atoms with van der Waals surface area (Å²) in [6.45, 7) is 3.65. The van der Waals surface area contributed by atoms with Gasteiger partial charge in [0.15, 0.2) is 0 Å². The molecule has 0 amide bonds. The van der Waals surface area contributed by atoms with Gasteiger partial charge in [0.1, 0.15) is 11.6 Å². The zero-order valence-electron chi connectivity index (χ0n) is 7.85. The zero-order chi connectivity index (χ0) is 9.19. The van der Waals surface area contributed by atoms with Crippen LogP contribution in [-0.4, -0.2) is 11.6 Å². The highest BCUT2D eigenvalue weighted by Crippen LogP contribution is 2.37. The third kappa shape index (κ3) is 2.43. The van der Waals surface area contributed by atoms with Crippen molar-refractivity contribution in [1.82, 2.24) is 0 Å². The standard InChI is InChI=1S/C10H16O2/c1-8(11)6-10(2)5-3-4-9(12)7-10/h3-7H2,1-2H3. The highest BCUT2D eigenvalue weighted by molar-refractivity contribution is 5.82. The Hall–Kier alpha value is -0.660. The molecule has 1 fully saturated rings. The second kappa shape index (κ2) is 3.38. The van der Waals surface area contributed by atoms with Gasteiger partial charge in [0, 0.05) is 19.3 Å². The molecule has 0 aromatic carbocycles. The molecule has 0 N–H and O–H groups in total. The molecule has 0 spiro atoms. The fourth-order valence-corrected chi connectivity index (χ4v) is 2.12. The molecular formula is C10H16O2. The Kier molecular flexibility index (Phi) is 2.65. The van der Waals surface area contributed by atoms with E-state index in [4.69, 9.17) is 0 Å². The maximum atomic E-state index is 11.1. The summed E-state index contributed by atoms with van der Waals surface area (Å²) in [4.78, 5) is 22.1.